The molecule has 0 saturated heterocycles. The van der Waals surface area contributed by atoms with Crippen molar-refractivity contribution in [2.24, 2.45) is 15.7 Å². The summed E-state index contributed by atoms with van der Waals surface area (Å²) in [5.74, 6) is -2.99. The number of amidine groups is 1. The van der Waals surface area contributed by atoms with Crippen LogP contribution in [0.4, 0.5) is 8.78 Å². The largest absolute Gasteiger partial charge is 0.397 e. The number of nitrogens with one attached hydrogen (secondary N) is 1. The van der Waals surface area contributed by atoms with E-state index >= 15 is 0 Å². The molecular formula is C15H15F2N7. The van der Waals surface area contributed by atoms with Gasteiger partial charge in [-0.25, -0.2) is 15.0 Å². The average molecular weight is 331 g/mol. The van der Waals surface area contributed by atoms with E-state index in [1.165, 1.54) is 7.05 Å². The van der Waals surface area contributed by atoms with Crippen LogP contribution in [0.15, 0.2) is 27.5 Å². The second-order valence-corrected chi connectivity index (χ2v) is 5.24. The molecule has 1 aromatic rings. The molecule has 0 aromatic carbocycles. The van der Waals surface area contributed by atoms with E-state index in [2.05, 4.69) is 20.0 Å². The molecule has 9 heteroatoms. The first kappa shape index (κ1) is 17.3. The van der Waals surface area contributed by atoms with Gasteiger partial charge in [-0.1, -0.05) is 0 Å². The lowest BCUT2D eigenvalue weighted by Gasteiger charge is -2.18. The van der Waals surface area contributed by atoms with Crippen molar-refractivity contribution in [2.75, 3.05) is 7.05 Å². The second-order valence-electron chi connectivity index (χ2n) is 5.24. The van der Waals surface area contributed by atoms with Gasteiger partial charge in [0.1, 0.15) is 23.3 Å². The SMILES string of the molecule is CN=C1N=C(C)C(Cc2ncc(C#N)c(C(C)(F)F)n2)=C(N)C1=N. The quantitative estimate of drug-likeness (QED) is 0.875. The minimum Gasteiger partial charge on any atom is -0.397 e. The summed E-state index contributed by atoms with van der Waals surface area (Å²) in [4.78, 5) is 15.8. The highest BCUT2D eigenvalue weighted by atomic mass is 19.3. The van der Waals surface area contributed by atoms with E-state index < -0.39 is 11.6 Å². The summed E-state index contributed by atoms with van der Waals surface area (Å²) < 4.78 is 27.2. The summed E-state index contributed by atoms with van der Waals surface area (Å²) in [6, 6.07) is 1.66. The summed E-state index contributed by atoms with van der Waals surface area (Å²) in [5.41, 5.74) is 6.14. The Labute approximate surface area is 137 Å². The standard InChI is InChI=1S/C15H15F2N7/c1-7-9(11(19)12(20)14(21-3)23-7)4-10-22-6-8(5-18)13(24-10)15(2,16)17/h6,20H,4,19H2,1-3H3. The molecule has 1 aliphatic rings. The van der Waals surface area contributed by atoms with Crippen LogP contribution in [-0.2, 0) is 12.3 Å². The predicted molar refractivity (Wildman–Crippen MR) is 85.4 cm³/mol. The molecule has 0 amide bonds. The van der Waals surface area contributed by atoms with E-state index in [0.717, 1.165) is 6.20 Å². The van der Waals surface area contributed by atoms with Crippen LogP contribution in [0.3, 0.4) is 0 Å². The molecule has 0 saturated carbocycles. The Morgan fingerprint density at radius 1 is 1.46 bits per heavy atom. The number of nitrogens with zero attached hydrogens (tertiary/aromatic N) is 5. The Kier molecular flexibility index (Phi) is 4.50. The van der Waals surface area contributed by atoms with Crippen LogP contribution < -0.4 is 5.73 Å². The number of nitrogens with two attached hydrogens (primary N) is 1. The number of hydrogen-bond donors (Lipinski definition) is 2. The third kappa shape index (κ3) is 3.17. The summed E-state index contributed by atoms with van der Waals surface area (Å²) in [6.45, 7) is 2.35. The molecule has 2 rings (SSSR count). The minimum atomic E-state index is -3.27. The third-order valence-electron chi connectivity index (χ3n) is 3.45. The number of nitriles is 1. The zero-order valence-electron chi connectivity index (χ0n) is 13.4. The zero-order valence-corrected chi connectivity index (χ0v) is 13.4. The van der Waals surface area contributed by atoms with Crippen LogP contribution in [0.2, 0.25) is 0 Å². The molecule has 3 N–H and O–H groups in total. The molecule has 0 fully saturated rings. The Morgan fingerprint density at radius 2 is 2.12 bits per heavy atom. The summed E-state index contributed by atoms with van der Waals surface area (Å²) >= 11 is 0. The molecule has 0 atom stereocenters. The molecule has 0 spiro atoms. The van der Waals surface area contributed by atoms with Gasteiger partial charge in [-0.2, -0.15) is 14.0 Å². The second kappa shape index (κ2) is 6.23. The van der Waals surface area contributed by atoms with Crippen molar-refractivity contribution in [1.82, 2.24) is 9.97 Å². The lowest BCUT2D eigenvalue weighted by atomic mass is 9.98. The maximum Gasteiger partial charge on any atom is 0.288 e. The molecule has 2 heterocycles. The maximum atomic E-state index is 13.6. The number of alkyl halides is 2. The molecular weight excluding hydrogens is 316 g/mol. The van der Waals surface area contributed by atoms with E-state index in [1.54, 1.807) is 13.0 Å². The van der Waals surface area contributed by atoms with Gasteiger partial charge in [-0.05, 0) is 6.92 Å². The van der Waals surface area contributed by atoms with Crippen LogP contribution in [0.1, 0.15) is 30.9 Å². The molecule has 124 valence electrons. The fraction of sp³-hybridized carbons (Fsp3) is 0.333. The van der Waals surface area contributed by atoms with Crippen molar-refractivity contribution in [3.63, 3.8) is 0 Å². The van der Waals surface area contributed by atoms with Gasteiger partial charge >= 0.3 is 0 Å². The van der Waals surface area contributed by atoms with Gasteiger partial charge in [-0.15, -0.1) is 0 Å². The number of rotatable bonds is 3. The third-order valence-corrected chi connectivity index (χ3v) is 3.45. The van der Waals surface area contributed by atoms with Gasteiger partial charge < -0.3 is 5.73 Å². The smallest absolute Gasteiger partial charge is 0.288 e. The molecule has 0 bridgehead atoms. The van der Waals surface area contributed by atoms with Gasteiger partial charge in [0, 0.05) is 37.9 Å². The van der Waals surface area contributed by atoms with E-state index in [9.17, 15) is 8.78 Å². The predicted octanol–water partition coefficient (Wildman–Crippen LogP) is 1.74. The molecule has 24 heavy (non-hydrogen) atoms. The van der Waals surface area contributed by atoms with Gasteiger partial charge in [0.25, 0.3) is 5.92 Å². The van der Waals surface area contributed by atoms with E-state index in [-0.39, 0.29) is 35.1 Å². The van der Waals surface area contributed by atoms with Gasteiger partial charge in [0.05, 0.1) is 11.3 Å². The first-order valence-electron chi connectivity index (χ1n) is 6.93. The molecule has 7 nitrogen and oxygen atoms in total. The van der Waals surface area contributed by atoms with Crippen LogP contribution >= 0.6 is 0 Å². The fourth-order valence-corrected chi connectivity index (χ4v) is 2.21. The monoisotopic (exact) mass is 331 g/mol. The van der Waals surface area contributed by atoms with Crippen molar-refractivity contribution < 1.29 is 8.78 Å². The summed E-state index contributed by atoms with van der Waals surface area (Å²) in [7, 11) is 1.50. The van der Waals surface area contributed by atoms with Crippen LogP contribution in [-0.4, -0.2) is 34.3 Å². The zero-order chi connectivity index (χ0) is 18.1. The van der Waals surface area contributed by atoms with E-state index in [1.807, 2.05) is 0 Å². The number of allylic oxidation sites excluding steroid dienone is 1. The highest BCUT2D eigenvalue weighted by Gasteiger charge is 2.31. The van der Waals surface area contributed by atoms with Gasteiger partial charge in [-0.3, -0.25) is 10.4 Å². The van der Waals surface area contributed by atoms with Crippen LogP contribution in [0.5, 0.6) is 0 Å². The topological polar surface area (TPSA) is 124 Å². The van der Waals surface area contributed by atoms with Crippen molar-refractivity contribution in [3.05, 3.63) is 34.5 Å². The highest BCUT2D eigenvalue weighted by Crippen LogP contribution is 2.28. The lowest BCUT2D eigenvalue weighted by molar-refractivity contribution is 0.0121. The molecule has 0 radical (unpaired) electrons. The Balaban J connectivity index is 2.46. The van der Waals surface area contributed by atoms with Crippen LogP contribution in [0, 0.1) is 16.7 Å². The maximum absolute atomic E-state index is 13.6. The molecule has 1 aliphatic heterocycles. The number of dihydropyridines is 1. The summed E-state index contributed by atoms with van der Waals surface area (Å²) in [5, 5.41) is 16.8. The highest BCUT2D eigenvalue weighted by molar-refractivity contribution is 6.50. The minimum absolute atomic E-state index is 0.0231. The van der Waals surface area contributed by atoms with Gasteiger partial charge in [0.2, 0.25) is 0 Å². The van der Waals surface area contributed by atoms with Crippen molar-refractivity contribution >= 4 is 17.3 Å². The van der Waals surface area contributed by atoms with Crippen molar-refractivity contribution in [2.45, 2.75) is 26.2 Å². The average Bonchev–Trinajstić information content (AvgIpc) is 2.53. The van der Waals surface area contributed by atoms with E-state index in [4.69, 9.17) is 16.4 Å². The first-order valence-corrected chi connectivity index (χ1v) is 6.93. The fourth-order valence-electron chi connectivity index (χ4n) is 2.21. The molecule has 0 aliphatic carbocycles. The van der Waals surface area contributed by atoms with Crippen LogP contribution in [0.25, 0.3) is 0 Å². The Morgan fingerprint density at radius 3 is 2.67 bits per heavy atom. The number of hydrogen-bond acceptors (Lipinski definition) is 6. The first-order chi connectivity index (χ1) is 11.2. The Hall–Kier alpha value is -3.02. The molecule has 1 aromatic heterocycles. The Bertz CT molecular complexity index is 838. The summed E-state index contributed by atoms with van der Waals surface area (Å²) in [6.07, 6.45) is 1.08. The normalized spacial score (nSPS) is 17.1. The number of aromatic nitrogens is 2. The lowest BCUT2D eigenvalue weighted by Crippen LogP contribution is -2.29. The number of aliphatic imine (C=N–C) groups is 2. The molecule has 0 unspecified atom stereocenters. The van der Waals surface area contributed by atoms with E-state index in [0.29, 0.717) is 18.2 Å². The van der Waals surface area contributed by atoms with Gasteiger partial charge in [0.15, 0.2) is 5.84 Å². The van der Waals surface area contributed by atoms with Crippen molar-refractivity contribution in [3.8, 4) is 6.07 Å². The van der Waals surface area contributed by atoms with Crippen molar-refractivity contribution in [1.29, 1.82) is 10.7 Å². The number of halogens is 2.